The fourth-order valence-electron chi connectivity index (χ4n) is 5.22. The number of hydrogen-bond donors (Lipinski definition) is 1. The van der Waals surface area contributed by atoms with Crippen molar-refractivity contribution in [2.75, 3.05) is 41.8 Å². The van der Waals surface area contributed by atoms with Crippen LogP contribution in [0.3, 0.4) is 0 Å². The number of aromatic nitrogens is 2. The first-order valence-electron chi connectivity index (χ1n) is 11.6. The molecule has 4 aliphatic rings. The van der Waals surface area contributed by atoms with E-state index in [0.717, 1.165) is 42.9 Å². The highest BCUT2D eigenvalue weighted by Gasteiger charge is 2.40. The van der Waals surface area contributed by atoms with Crippen LogP contribution in [0.15, 0.2) is 0 Å². The predicted octanol–water partition coefficient (Wildman–Crippen LogP) is 2.43. The van der Waals surface area contributed by atoms with E-state index in [2.05, 4.69) is 5.32 Å². The lowest BCUT2D eigenvalue weighted by molar-refractivity contribution is -0.138. The monoisotopic (exact) mass is 448 g/mol. The van der Waals surface area contributed by atoms with Crippen molar-refractivity contribution in [2.24, 2.45) is 5.92 Å². The Balaban J connectivity index is 1.19. The van der Waals surface area contributed by atoms with Crippen LogP contribution in [-0.4, -0.2) is 71.4 Å². The number of amides is 2. The fraction of sp³-hybridized carbons (Fsp3) is 0.727. The van der Waals surface area contributed by atoms with Gasteiger partial charge in [0.25, 0.3) is 5.92 Å². The third kappa shape index (κ3) is 3.77. The Kier molecular flexibility index (Phi) is 5.21. The average Bonchev–Trinajstić information content (AvgIpc) is 2.74. The number of alkyl halides is 2. The second kappa shape index (κ2) is 7.81. The molecule has 8 nitrogen and oxygen atoms in total. The third-order valence-corrected chi connectivity index (χ3v) is 7.42. The maximum absolute atomic E-state index is 13.3. The van der Waals surface area contributed by atoms with Crippen LogP contribution < -0.4 is 15.1 Å². The van der Waals surface area contributed by atoms with Gasteiger partial charge in [0, 0.05) is 52.0 Å². The molecule has 5 rings (SSSR count). The van der Waals surface area contributed by atoms with Gasteiger partial charge in [-0.2, -0.15) is 4.98 Å². The summed E-state index contributed by atoms with van der Waals surface area (Å²) in [5.41, 5.74) is 1.75. The van der Waals surface area contributed by atoms with Crippen LogP contribution in [0.1, 0.15) is 51.1 Å². The van der Waals surface area contributed by atoms with E-state index in [1.807, 2.05) is 23.8 Å². The molecule has 0 bridgehead atoms. The number of nitrogens with zero attached hydrogens (tertiary/aromatic N) is 5. The number of aryl methyl sites for hydroxylation is 1. The topological polar surface area (TPSA) is 81.7 Å². The van der Waals surface area contributed by atoms with Crippen molar-refractivity contribution in [1.82, 2.24) is 14.9 Å². The zero-order chi connectivity index (χ0) is 22.6. The highest BCUT2D eigenvalue weighted by atomic mass is 19.3. The zero-order valence-corrected chi connectivity index (χ0v) is 18.6. The summed E-state index contributed by atoms with van der Waals surface area (Å²) >= 11 is 0. The van der Waals surface area contributed by atoms with Gasteiger partial charge in [-0.25, -0.2) is 13.8 Å². The van der Waals surface area contributed by atoms with Crippen LogP contribution in [0, 0.1) is 5.92 Å². The summed E-state index contributed by atoms with van der Waals surface area (Å²) in [6.45, 7) is 2.90. The minimum Gasteiger partial charge on any atom is -0.351 e. The molecule has 1 aromatic heterocycles. The lowest BCUT2D eigenvalue weighted by atomic mass is 9.78. The summed E-state index contributed by atoms with van der Waals surface area (Å²) < 4.78 is 26.6. The van der Waals surface area contributed by atoms with Crippen molar-refractivity contribution in [3.05, 3.63) is 5.69 Å². The number of anilines is 3. The SMILES string of the molecule is C[C@H]1C(=O)N2CCCc3nc(NC4CC(CC(=O)N5CCC(F)(F)CC5)C4)nc(c32)N1C. The minimum absolute atomic E-state index is 0.0150. The summed E-state index contributed by atoms with van der Waals surface area (Å²) in [7, 11) is 1.89. The van der Waals surface area contributed by atoms with Gasteiger partial charge in [-0.15, -0.1) is 0 Å². The molecule has 0 unspecified atom stereocenters. The molecule has 0 aromatic carbocycles. The summed E-state index contributed by atoms with van der Waals surface area (Å²) in [6, 6.07) is -0.0681. The lowest BCUT2D eigenvalue weighted by Crippen LogP contribution is -2.53. The van der Waals surface area contributed by atoms with Crippen LogP contribution >= 0.6 is 0 Å². The molecule has 1 saturated heterocycles. The van der Waals surface area contributed by atoms with Gasteiger partial charge in [-0.05, 0) is 38.5 Å². The normalized spacial score (nSPS) is 28.8. The van der Waals surface area contributed by atoms with E-state index < -0.39 is 5.92 Å². The maximum atomic E-state index is 13.3. The van der Waals surface area contributed by atoms with Crippen molar-refractivity contribution >= 4 is 29.3 Å². The summed E-state index contributed by atoms with van der Waals surface area (Å²) in [5, 5.41) is 3.41. The number of hydrogen-bond acceptors (Lipinski definition) is 6. The van der Waals surface area contributed by atoms with Crippen molar-refractivity contribution < 1.29 is 18.4 Å². The van der Waals surface area contributed by atoms with E-state index >= 15 is 0 Å². The summed E-state index contributed by atoms with van der Waals surface area (Å²) in [5.74, 6) is -0.936. The quantitative estimate of drug-likeness (QED) is 0.762. The van der Waals surface area contributed by atoms with E-state index in [4.69, 9.17) is 9.97 Å². The third-order valence-electron chi connectivity index (χ3n) is 7.42. The number of piperidine rings is 1. The molecular weight excluding hydrogens is 418 g/mol. The van der Waals surface area contributed by atoms with Crippen LogP contribution in [0.2, 0.25) is 0 Å². The minimum atomic E-state index is -2.63. The summed E-state index contributed by atoms with van der Waals surface area (Å²) in [6.07, 6.45) is 3.33. The first-order chi connectivity index (χ1) is 15.2. The van der Waals surface area contributed by atoms with E-state index in [9.17, 15) is 18.4 Å². The largest absolute Gasteiger partial charge is 0.351 e. The smallest absolute Gasteiger partial charge is 0.251 e. The highest BCUT2D eigenvalue weighted by Crippen LogP contribution is 2.40. The zero-order valence-electron chi connectivity index (χ0n) is 18.6. The molecule has 2 fully saturated rings. The number of likely N-dealkylation sites (N-methyl/N-ethyl adjacent to an activating group) is 1. The Hall–Kier alpha value is -2.52. The van der Waals surface area contributed by atoms with Gasteiger partial charge in [0.15, 0.2) is 5.82 Å². The Morgan fingerprint density at radius 2 is 1.91 bits per heavy atom. The molecule has 1 aromatic rings. The Morgan fingerprint density at radius 1 is 1.19 bits per heavy atom. The van der Waals surface area contributed by atoms with Crippen LogP contribution in [0.25, 0.3) is 0 Å². The first kappa shape index (κ1) is 21.3. The number of carbonyl (C=O) groups excluding carboxylic acids is 2. The maximum Gasteiger partial charge on any atom is 0.251 e. The molecule has 32 heavy (non-hydrogen) atoms. The Labute approximate surface area is 186 Å². The van der Waals surface area contributed by atoms with Crippen LogP contribution in [0.4, 0.5) is 26.2 Å². The van der Waals surface area contributed by atoms with Gasteiger partial charge < -0.3 is 20.0 Å². The number of likely N-dealkylation sites (tertiary alicyclic amines) is 1. The predicted molar refractivity (Wildman–Crippen MR) is 116 cm³/mol. The van der Waals surface area contributed by atoms with Gasteiger partial charge in [-0.1, -0.05) is 0 Å². The first-order valence-corrected chi connectivity index (χ1v) is 11.6. The highest BCUT2D eigenvalue weighted by molar-refractivity contribution is 6.05. The van der Waals surface area contributed by atoms with E-state index in [1.165, 1.54) is 0 Å². The molecular formula is C22H30F2N6O2. The second-order valence-electron chi connectivity index (χ2n) is 9.67. The molecule has 0 radical (unpaired) electrons. The molecule has 3 aliphatic heterocycles. The number of rotatable bonds is 4. The molecule has 1 aliphatic carbocycles. The van der Waals surface area contributed by atoms with Crippen LogP contribution in [0.5, 0.6) is 0 Å². The second-order valence-corrected chi connectivity index (χ2v) is 9.67. The van der Waals surface area contributed by atoms with Gasteiger partial charge in [0.2, 0.25) is 17.8 Å². The van der Waals surface area contributed by atoms with Crippen molar-refractivity contribution in [1.29, 1.82) is 0 Å². The molecule has 2 amide bonds. The van der Waals surface area contributed by atoms with Gasteiger partial charge >= 0.3 is 0 Å². The number of halogens is 2. The molecule has 1 N–H and O–H groups in total. The molecule has 4 heterocycles. The molecule has 0 spiro atoms. The molecule has 1 saturated carbocycles. The Morgan fingerprint density at radius 3 is 2.62 bits per heavy atom. The standard InChI is InChI=1S/C22H30F2N6O2/c1-13-20(32)30-7-3-4-16-18(30)19(28(13)2)27-21(26-16)25-15-10-14(11-15)12-17(31)29-8-5-22(23,24)6-9-29/h13-15H,3-12H2,1-2H3,(H,25,26,27)/t13-,14?,15?/m0/s1. The summed E-state index contributed by atoms with van der Waals surface area (Å²) in [4.78, 5) is 39.9. The number of nitrogens with one attached hydrogen (secondary N) is 1. The van der Waals surface area contributed by atoms with Crippen LogP contribution in [-0.2, 0) is 16.0 Å². The van der Waals surface area contributed by atoms with Gasteiger partial charge in [-0.3, -0.25) is 9.59 Å². The van der Waals surface area contributed by atoms with Gasteiger partial charge in [0.1, 0.15) is 11.7 Å². The number of carbonyl (C=O) groups is 2. The van der Waals surface area contributed by atoms with E-state index in [-0.39, 0.29) is 55.7 Å². The molecule has 10 heteroatoms. The van der Waals surface area contributed by atoms with E-state index in [0.29, 0.717) is 18.9 Å². The molecule has 1 atom stereocenters. The lowest BCUT2D eigenvalue weighted by Gasteiger charge is -2.42. The Bertz CT molecular complexity index is 925. The van der Waals surface area contributed by atoms with Crippen molar-refractivity contribution in [3.8, 4) is 0 Å². The van der Waals surface area contributed by atoms with Crippen molar-refractivity contribution in [2.45, 2.75) is 69.9 Å². The van der Waals surface area contributed by atoms with Gasteiger partial charge in [0.05, 0.1) is 5.69 Å². The van der Waals surface area contributed by atoms with E-state index in [1.54, 1.807) is 4.90 Å². The molecule has 174 valence electrons. The van der Waals surface area contributed by atoms with Crippen molar-refractivity contribution in [3.63, 3.8) is 0 Å². The fourth-order valence-corrected chi connectivity index (χ4v) is 5.22. The average molecular weight is 449 g/mol.